The molecule has 2 heterocycles. The van der Waals surface area contributed by atoms with Gasteiger partial charge in [-0.05, 0) is 69.0 Å². The van der Waals surface area contributed by atoms with E-state index in [-0.39, 0.29) is 17.2 Å². The summed E-state index contributed by atoms with van der Waals surface area (Å²) >= 11 is 0. The van der Waals surface area contributed by atoms with E-state index in [0.717, 1.165) is 51.7 Å². The van der Waals surface area contributed by atoms with E-state index in [1.165, 1.54) is 5.56 Å². The zero-order valence-electron chi connectivity index (χ0n) is 19.9. The topological polar surface area (TPSA) is 53.5 Å². The van der Waals surface area contributed by atoms with Crippen molar-refractivity contribution in [1.29, 1.82) is 0 Å². The number of aryl methyl sites for hydroxylation is 1. The molecule has 0 radical (unpaired) electrons. The summed E-state index contributed by atoms with van der Waals surface area (Å²) in [6, 6.07) is 14.4. The monoisotopic (exact) mass is 441 g/mol. The molecule has 0 bridgehead atoms. The second kappa shape index (κ2) is 7.98. The minimum atomic E-state index is -0.147. The largest absolute Gasteiger partial charge is 0.339 e. The van der Waals surface area contributed by atoms with Gasteiger partial charge in [0.15, 0.2) is 0 Å². The maximum absolute atomic E-state index is 13.3. The number of aromatic nitrogens is 1. The van der Waals surface area contributed by atoms with E-state index < -0.39 is 0 Å². The molecule has 0 N–H and O–H groups in total. The SMILES string of the molecule is Cc1ccc2nc(-c3ccc(C(=O)N4CCN(C(=O)C5(C)CC5)CC4)c(C)c3C)ccc2c1. The number of amides is 2. The number of hydrogen-bond acceptors (Lipinski definition) is 3. The van der Waals surface area contributed by atoms with Gasteiger partial charge in [0.1, 0.15) is 0 Å². The average molecular weight is 442 g/mol. The van der Waals surface area contributed by atoms with E-state index in [1.807, 2.05) is 35.8 Å². The lowest BCUT2D eigenvalue weighted by Gasteiger charge is -2.36. The number of nitrogens with zero attached hydrogens (tertiary/aromatic N) is 3. The third-order valence-corrected chi connectivity index (χ3v) is 7.51. The van der Waals surface area contributed by atoms with Crippen molar-refractivity contribution in [1.82, 2.24) is 14.8 Å². The van der Waals surface area contributed by atoms with Crippen LogP contribution in [0.2, 0.25) is 0 Å². The van der Waals surface area contributed by atoms with Crippen molar-refractivity contribution in [2.45, 2.75) is 40.5 Å². The van der Waals surface area contributed by atoms with Crippen molar-refractivity contribution in [3.05, 3.63) is 64.7 Å². The smallest absolute Gasteiger partial charge is 0.254 e. The molecular weight excluding hydrogens is 410 g/mol. The molecule has 2 aromatic carbocycles. The van der Waals surface area contributed by atoms with E-state index in [9.17, 15) is 9.59 Å². The third-order valence-electron chi connectivity index (χ3n) is 7.51. The van der Waals surface area contributed by atoms with Crippen molar-refractivity contribution in [2.75, 3.05) is 26.2 Å². The maximum atomic E-state index is 13.3. The number of piperazine rings is 1. The third kappa shape index (κ3) is 3.90. The Bertz CT molecular complexity index is 1270. The fourth-order valence-corrected chi connectivity index (χ4v) is 4.79. The van der Waals surface area contributed by atoms with Gasteiger partial charge in [0.05, 0.1) is 11.2 Å². The van der Waals surface area contributed by atoms with Crippen LogP contribution >= 0.6 is 0 Å². The van der Waals surface area contributed by atoms with Crippen LogP contribution in [-0.2, 0) is 4.79 Å². The molecule has 2 amide bonds. The van der Waals surface area contributed by atoms with Crippen molar-refractivity contribution in [2.24, 2.45) is 5.41 Å². The first-order valence-corrected chi connectivity index (χ1v) is 11.8. The zero-order chi connectivity index (χ0) is 23.3. The highest BCUT2D eigenvalue weighted by Gasteiger charge is 2.47. The second-order valence-electron chi connectivity index (χ2n) is 9.95. The molecule has 3 aromatic rings. The lowest BCUT2D eigenvalue weighted by Crippen LogP contribution is -2.52. The van der Waals surface area contributed by atoms with Gasteiger partial charge >= 0.3 is 0 Å². The molecule has 0 unspecified atom stereocenters. The average Bonchev–Trinajstić information content (AvgIpc) is 3.58. The van der Waals surface area contributed by atoms with Gasteiger partial charge in [-0.3, -0.25) is 9.59 Å². The minimum absolute atomic E-state index is 0.0498. The van der Waals surface area contributed by atoms with Crippen LogP contribution in [0.5, 0.6) is 0 Å². The van der Waals surface area contributed by atoms with Crippen molar-refractivity contribution in [3.8, 4) is 11.3 Å². The van der Waals surface area contributed by atoms with Crippen LogP contribution in [0.25, 0.3) is 22.2 Å². The highest BCUT2D eigenvalue weighted by molar-refractivity contribution is 5.97. The Kier molecular flexibility index (Phi) is 5.23. The van der Waals surface area contributed by atoms with Crippen LogP contribution in [0.4, 0.5) is 0 Å². The highest BCUT2D eigenvalue weighted by Crippen LogP contribution is 2.46. The number of rotatable bonds is 3. The summed E-state index contributed by atoms with van der Waals surface area (Å²) in [5, 5.41) is 1.13. The van der Waals surface area contributed by atoms with Gasteiger partial charge in [0.25, 0.3) is 5.91 Å². The summed E-state index contributed by atoms with van der Waals surface area (Å²) in [6.07, 6.45) is 1.98. The lowest BCUT2D eigenvalue weighted by molar-refractivity contribution is -0.137. The number of fused-ring (bicyclic) bond motifs is 1. The number of carbonyl (C=O) groups is 2. The van der Waals surface area contributed by atoms with Crippen LogP contribution in [0.15, 0.2) is 42.5 Å². The van der Waals surface area contributed by atoms with Gasteiger partial charge in [-0.1, -0.05) is 30.7 Å². The summed E-state index contributed by atoms with van der Waals surface area (Å²) < 4.78 is 0. The van der Waals surface area contributed by atoms with Crippen LogP contribution < -0.4 is 0 Å². The van der Waals surface area contributed by atoms with Crippen molar-refractivity contribution < 1.29 is 9.59 Å². The number of hydrogen-bond donors (Lipinski definition) is 0. The Morgan fingerprint density at radius 1 is 0.848 bits per heavy atom. The Hall–Kier alpha value is -3.21. The molecule has 1 saturated heterocycles. The number of carbonyl (C=O) groups excluding carboxylic acids is 2. The molecule has 1 saturated carbocycles. The van der Waals surface area contributed by atoms with Crippen LogP contribution in [0.1, 0.15) is 46.8 Å². The van der Waals surface area contributed by atoms with E-state index in [0.29, 0.717) is 26.2 Å². The molecule has 2 aliphatic rings. The van der Waals surface area contributed by atoms with Crippen molar-refractivity contribution in [3.63, 3.8) is 0 Å². The molecule has 5 heteroatoms. The van der Waals surface area contributed by atoms with E-state index in [4.69, 9.17) is 4.98 Å². The molecule has 1 aliphatic heterocycles. The first-order valence-electron chi connectivity index (χ1n) is 11.8. The molecule has 5 nitrogen and oxygen atoms in total. The van der Waals surface area contributed by atoms with E-state index in [1.54, 1.807) is 0 Å². The molecule has 2 fully saturated rings. The molecule has 0 spiro atoms. The van der Waals surface area contributed by atoms with Gasteiger partial charge in [0, 0.05) is 48.1 Å². The Labute approximate surface area is 195 Å². The van der Waals surface area contributed by atoms with Crippen molar-refractivity contribution >= 4 is 22.7 Å². The fourth-order valence-electron chi connectivity index (χ4n) is 4.79. The van der Waals surface area contributed by atoms with Gasteiger partial charge in [-0.25, -0.2) is 4.98 Å². The Balaban J connectivity index is 1.35. The molecule has 1 aromatic heterocycles. The summed E-state index contributed by atoms with van der Waals surface area (Å²) in [4.78, 5) is 34.6. The molecule has 1 aliphatic carbocycles. The molecule has 33 heavy (non-hydrogen) atoms. The normalized spacial score (nSPS) is 17.3. The first kappa shape index (κ1) is 21.6. The van der Waals surface area contributed by atoms with Gasteiger partial charge < -0.3 is 9.80 Å². The molecule has 170 valence electrons. The summed E-state index contributed by atoms with van der Waals surface area (Å²) in [6.45, 7) is 10.6. The van der Waals surface area contributed by atoms with Crippen LogP contribution in [-0.4, -0.2) is 52.8 Å². The standard InChI is InChI=1S/C28H31N3O2/c1-18-5-9-24-21(17-18)6-10-25(29-24)22-7-8-23(20(3)19(22)2)26(32)30-13-15-31(16-14-30)27(33)28(4)11-12-28/h5-10,17H,11-16H2,1-4H3. The highest BCUT2D eigenvalue weighted by atomic mass is 16.2. The predicted molar refractivity (Wildman–Crippen MR) is 131 cm³/mol. The lowest BCUT2D eigenvalue weighted by atomic mass is 9.94. The number of benzene rings is 2. The minimum Gasteiger partial charge on any atom is -0.339 e. The number of pyridine rings is 1. The first-order chi connectivity index (χ1) is 15.8. The Morgan fingerprint density at radius 3 is 2.24 bits per heavy atom. The van der Waals surface area contributed by atoms with Crippen LogP contribution in [0.3, 0.4) is 0 Å². The molecule has 5 rings (SSSR count). The maximum Gasteiger partial charge on any atom is 0.254 e. The fraction of sp³-hybridized carbons (Fsp3) is 0.393. The van der Waals surface area contributed by atoms with E-state index >= 15 is 0 Å². The molecular formula is C28H31N3O2. The predicted octanol–water partition coefficient (Wildman–Crippen LogP) is 4.91. The summed E-state index contributed by atoms with van der Waals surface area (Å²) in [7, 11) is 0. The van der Waals surface area contributed by atoms with Crippen LogP contribution in [0, 0.1) is 26.2 Å². The quantitative estimate of drug-likeness (QED) is 0.580. The van der Waals surface area contributed by atoms with Gasteiger partial charge in [0.2, 0.25) is 5.91 Å². The second-order valence-corrected chi connectivity index (χ2v) is 9.95. The zero-order valence-corrected chi connectivity index (χ0v) is 19.9. The summed E-state index contributed by atoms with van der Waals surface area (Å²) in [5.41, 5.74) is 6.84. The van der Waals surface area contributed by atoms with E-state index in [2.05, 4.69) is 44.2 Å². The Morgan fingerprint density at radius 2 is 1.55 bits per heavy atom. The summed E-state index contributed by atoms with van der Waals surface area (Å²) in [5.74, 6) is 0.304. The molecule has 0 atom stereocenters. The van der Waals surface area contributed by atoms with Gasteiger partial charge in [-0.2, -0.15) is 0 Å². The van der Waals surface area contributed by atoms with Gasteiger partial charge in [-0.15, -0.1) is 0 Å².